The van der Waals surface area contributed by atoms with E-state index < -0.39 is 0 Å². The van der Waals surface area contributed by atoms with E-state index in [-0.39, 0.29) is 6.61 Å². The van der Waals surface area contributed by atoms with Gasteiger partial charge in [-0.3, -0.25) is 0 Å². The van der Waals surface area contributed by atoms with Gasteiger partial charge in [0.05, 0.1) is 17.6 Å². The Morgan fingerprint density at radius 1 is 1.25 bits per heavy atom. The highest BCUT2D eigenvalue weighted by Crippen LogP contribution is 2.32. The number of nitrogens with zero attached hydrogens (tertiary/aromatic N) is 1. The minimum absolute atomic E-state index is 0.0150. The zero-order valence-electron chi connectivity index (χ0n) is 10.9. The zero-order valence-corrected chi connectivity index (χ0v) is 12.4. The number of aromatic amines is 1. The fourth-order valence-electron chi connectivity index (χ4n) is 2.01. The maximum absolute atomic E-state index is 9.38. The van der Waals surface area contributed by atoms with Gasteiger partial charge in [0.25, 0.3) is 0 Å². The Balaban J connectivity index is 1.98. The number of aryl methyl sites for hydroxylation is 1. The molecule has 0 fully saturated rings. The van der Waals surface area contributed by atoms with Crippen LogP contribution in [0.5, 0.6) is 0 Å². The number of nitrogens with one attached hydrogen (secondary N) is 1. The molecule has 1 aromatic heterocycles. The van der Waals surface area contributed by atoms with Gasteiger partial charge >= 0.3 is 0 Å². The highest BCUT2D eigenvalue weighted by atomic mass is 35.5. The molecule has 5 heteroatoms. The second-order valence-electron chi connectivity index (χ2n) is 4.57. The number of hydrogen-bond donors (Lipinski definition) is 2. The summed E-state index contributed by atoms with van der Waals surface area (Å²) in [7, 11) is 0. The average Bonchev–Trinajstić information content (AvgIpc) is 2.80. The van der Waals surface area contributed by atoms with Crippen LogP contribution in [0, 0.1) is 6.92 Å². The molecule has 2 aromatic carbocycles. The van der Waals surface area contributed by atoms with Gasteiger partial charge in [-0.15, -0.1) is 0 Å². The van der Waals surface area contributed by atoms with E-state index in [0.717, 1.165) is 26.6 Å². The van der Waals surface area contributed by atoms with Crippen molar-refractivity contribution in [2.45, 2.75) is 23.6 Å². The Hall–Kier alpha value is -1.49. The number of aromatic nitrogens is 2. The van der Waals surface area contributed by atoms with E-state index >= 15 is 0 Å². The molecule has 0 radical (unpaired) electrons. The van der Waals surface area contributed by atoms with Crippen molar-refractivity contribution in [1.82, 2.24) is 9.97 Å². The second-order valence-corrected chi connectivity index (χ2v) is 6.04. The van der Waals surface area contributed by atoms with Gasteiger partial charge in [-0.2, -0.15) is 0 Å². The summed E-state index contributed by atoms with van der Waals surface area (Å²) in [4.78, 5) is 8.73. The van der Waals surface area contributed by atoms with E-state index in [1.54, 1.807) is 6.07 Å². The first-order valence-corrected chi connectivity index (χ1v) is 7.38. The van der Waals surface area contributed by atoms with Gasteiger partial charge in [-0.25, -0.2) is 4.98 Å². The first-order valence-electron chi connectivity index (χ1n) is 6.19. The molecule has 3 rings (SSSR count). The average molecular weight is 305 g/mol. The van der Waals surface area contributed by atoms with Gasteiger partial charge in [0, 0.05) is 9.92 Å². The van der Waals surface area contributed by atoms with Crippen LogP contribution in [0.2, 0.25) is 5.02 Å². The lowest BCUT2D eigenvalue weighted by Gasteiger charge is -2.05. The van der Waals surface area contributed by atoms with Gasteiger partial charge in [0.15, 0.2) is 5.16 Å². The van der Waals surface area contributed by atoms with Crippen molar-refractivity contribution in [3.8, 4) is 0 Å². The van der Waals surface area contributed by atoms with E-state index in [4.69, 9.17) is 11.6 Å². The lowest BCUT2D eigenvalue weighted by atomic mass is 10.2. The molecule has 0 amide bonds. The minimum Gasteiger partial charge on any atom is -0.392 e. The first kappa shape index (κ1) is 13.5. The molecule has 0 atom stereocenters. The fourth-order valence-corrected chi connectivity index (χ4v) is 3.21. The van der Waals surface area contributed by atoms with E-state index in [1.807, 2.05) is 31.2 Å². The van der Waals surface area contributed by atoms with Crippen molar-refractivity contribution in [3.05, 3.63) is 52.5 Å². The summed E-state index contributed by atoms with van der Waals surface area (Å²) in [5.74, 6) is 0. The normalized spacial score (nSPS) is 11.2. The van der Waals surface area contributed by atoms with Crippen LogP contribution < -0.4 is 0 Å². The van der Waals surface area contributed by atoms with E-state index in [0.29, 0.717) is 5.02 Å². The van der Waals surface area contributed by atoms with Crippen molar-refractivity contribution < 1.29 is 5.11 Å². The van der Waals surface area contributed by atoms with Gasteiger partial charge in [-0.05, 0) is 42.3 Å². The van der Waals surface area contributed by atoms with E-state index in [9.17, 15) is 5.11 Å². The Bertz CT molecular complexity index is 770. The summed E-state index contributed by atoms with van der Waals surface area (Å²) in [5.41, 5.74) is 3.98. The summed E-state index contributed by atoms with van der Waals surface area (Å²) < 4.78 is 0. The third-order valence-corrected chi connectivity index (χ3v) is 4.24. The summed E-state index contributed by atoms with van der Waals surface area (Å²) in [5, 5.41) is 10.8. The van der Waals surface area contributed by atoms with Crippen molar-refractivity contribution in [1.29, 1.82) is 0 Å². The van der Waals surface area contributed by atoms with Crippen LogP contribution in [0.1, 0.15) is 11.1 Å². The Morgan fingerprint density at radius 2 is 2.10 bits per heavy atom. The first-order chi connectivity index (χ1) is 9.65. The summed E-state index contributed by atoms with van der Waals surface area (Å²) >= 11 is 7.49. The Morgan fingerprint density at radius 3 is 2.90 bits per heavy atom. The molecule has 20 heavy (non-hydrogen) atoms. The smallest absolute Gasteiger partial charge is 0.171 e. The molecule has 0 saturated heterocycles. The monoisotopic (exact) mass is 304 g/mol. The minimum atomic E-state index is -0.0150. The van der Waals surface area contributed by atoms with Crippen molar-refractivity contribution in [2.75, 3.05) is 0 Å². The molecule has 1 heterocycles. The number of H-pyrrole nitrogens is 1. The molecule has 0 spiro atoms. The summed E-state index contributed by atoms with van der Waals surface area (Å²) in [6.45, 7) is 2.03. The lowest BCUT2D eigenvalue weighted by Crippen LogP contribution is -1.87. The predicted molar refractivity (Wildman–Crippen MR) is 82.3 cm³/mol. The van der Waals surface area contributed by atoms with Crippen LogP contribution in [0.15, 0.2) is 46.5 Å². The molecule has 0 saturated carbocycles. The number of rotatable bonds is 3. The topological polar surface area (TPSA) is 48.9 Å². The molecule has 3 aromatic rings. The molecule has 0 bridgehead atoms. The number of fused-ring (bicyclic) bond motifs is 1. The molecule has 102 valence electrons. The number of halogens is 1. The lowest BCUT2D eigenvalue weighted by molar-refractivity contribution is 0.279. The van der Waals surface area contributed by atoms with Crippen LogP contribution in [0.25, 0.3) is 11.0 Å². The van der Waals surface area contributed by atoms with Crippen molar-refractivity contribution >= 4 is 34.4 Å². The highest BCUT2D eigenvalue weighted by molar-refractivity contribution is 7.99. The van der Waals surface area contributed by atoms with Crippen molar-refractivity contribution in [3.63, 3.8) is 0 Å². The Labute approximate surface area is 126 Å². The van der Waals surface area contributed by atoms with Gasteiger partial charge in [0.2, 0.25) is 0 Å². The summed E-state index contributed by atoms with van der Waals surface area (Å²) in [6.07, 6.45) is 0. The number of aliphatic hydroxyl groups excluding tert-OH is 1. The molecule has 3 nitrogen and oxygen atoms in total. The largest absolute Gasteiger partial charge is 0.392 e. The molecular formula is C15H13ClN2OS. The quantitative estimate of drug-likeness (QED) is 0.763. The third-order valence-electron chi connectivity index (χ3n) is 3.02. The number of aliphatic hydroxyl groups is 1. The maximum atomic E-state index is 9.38. The van der Waals surface area contributed by atoms with Gasteiger partial charge < -0.3 is 10.1 Å². The molecule has 0 aliphatic heterocycles. The molecule has 2 N–H and O–H groups in total. The highest BCUT2D eigenvalue weighted by Gasteiger charge is 2.09. The SMILES string of the molecule is Cc1ccc2nc(Sc3cc(Cl)ccc3CO)[nH]c2c1. The maximum Gasteiger partial charge on any atom is 0.171 e. The van der Waals surface area contributed by atoms with Gasteiger partial charge in [0.1, 0.15) is 0 Å². The standard InChI is InChI=1S/C15H13ClN2OS/c1-9-2-5-12-13(6-9)18-15(17-12)20-14-7-11(16)4-3-10(14)8-19/h2-7,19H,8H2,1H3,(H,17,18). The van der Waals surface area contributed by atoms with E-state index in [2.05, 4.69) is 16.0 Å². The van der Waals surface area contributed by atoms with E-state index in [1.165, 1.54) is 17.3 Å². The zero-order chi connectivity index (χ0) is 14.1. The van der Waals surface area contributed by atoms with Crippen LogP contribution >= 0.6 is 23.4 Å². The van der Waals surface area contributed by atoms with Crippen LogP contribution in [0.4, 0.5) is 0 Å². The predicted octanol–water partition coefficient (Wildman–Crippen LogP) is 4.17. The van der Waals surface area contributed by atoms with Crippen LogP contribution in [0.3, 0.4) is 0 Å². The van der Waals surface area contributed by atoms with Crippen LogP contribution in [-0.4, -0.2) is 15.1 Å². The van der Waals surface area contributed by atoms with Crippen molar-refractivity contribution in [2.24, 2.45) is 0 Å². The van der Waals surface area contributed by atoms with Crippen LogP contribution in [-0.2, 0) is 6.61 Å². The second kappa shape index (κ2) is 5.48. The molecule has 0 unspecified atom stereocenters. The molecule has 0 aliphatic rings. The summed E-state index contributed by atoms with van der Waals surface area (Å²) in [6, 6.07) is 11.6. The fraction of sp³-hybridized carbons (Fsp3) is 0.133. The Kier molecular flexibility index (Phi) is 3.70. The number of hydrogen-bond acceptors (Lipinski definition) is 3. The van der Waals surface area contributed by atoms with Gasteiger partial charge in [-0.1, -0.05) is 35.5 Å². The number of imidazole rings is 1. The number of benzene rings is 2. The third kappa shape index (κ3) is 2.68. The molecular weight excluding hydrogens is 292 g/mol. The molecule has 0 aliphatic carbocycles.